The van der Waals surface area contributed by atoms with Gasteiger partial charge in [-0.1, -0.05) is 0 Å². The number of aromatic carboxylic acids is 1. The third-order valence-electron chi connectivity index (χ3n) is 2.35. The molecule has 20 heavy (non-hydrogen) atoms. The molecule has 0 radical (unpaired) electrons. The number of carboxylic acids is 1. The number of anilines is 1. The Labute approximate surface area is 118 Å². The van der Waals surface area contributed by atoms with Crippen molar-refractivity contribution >= 4 is 28.5 Å². The first-order valence-corrected chi connectivity index (χ1v) is 7.46. The van der Waals surface area contributed by atoms with Crippen LogP contribution in [0, 0.1) is 0 Å². The average molecular weight is 300 g/mol. The molecule has 0 aliphatic carbocycles. The lowest BCUT2D eigenvalue weighted by atomic mass is 10.2. The smallest absolute Gasteiger partial charge is 0.339 e. The van der Waals surface area contributed by atoms with Crippen molar-refractivity contribution in [2.75, 3.05) is 17.3 Å². The van der Waals surface area contributed by atoms with Crippen LogP contribution in [0.15, 0.2) is 18.2 Å². The molecule has 2 amide bonds. The van der Waals surface area contributed by atoms with Crippen LogP contribution in [0.3, 0.4) is 0 Å². The third kappa shape index (κ3) is 4.88. The highest BCUT2D eigenvalue weighted by molar-refractivity contribution is 7.84. The number of urea groups is 1. The highest BCUT2D eigenvalue weighted by Gasteiger charge is 2.13. The largest absolute Gasteiger partial charge is 0.507 e. The van der Waals surface area contributed by atoms with E-state index in [9.17, 15) is 18.9 Å². The maximum absolute atomic E-state index is 11.6. The normalized spacial score (nSPS) is 13.3. The molecule has 0 saturated heterocycles. The molecule has 0 fully saturated rings. The minimum Gasteiger partial charge on any atom is -0.507 e. The van der Waals surface area contributed by atoms with Crippen molar-refractivity contribution in [1.29, 1.82) is 0 Å². The van der Waals surface area contributed by atoms with Gasteiger partial charge in [0.2, 0.25) is 0 Å². The SMILES string of the molecule is CC(CS(C)=O)NC(=O)Nc1ccc(O)c(C(=O)O)c1. The molecular formula is C12H16N2O5S. The minimum atomic E-state index is -1.29. The van der Waals surface area contributed by atoms with Crippen molar-refractivity contribution in [2.24, 2.45) is 0 Å². The molecule has 7 nitrogen and oxygen atoms in total. The fraction of sp³-hybridized carbons (Fsp3) is 0.333. The van der Waals surface area contributed by atoms with Gasteiger partial charge in [-0.25, -0.2) is 9.59 Å². The van der Waals surface area contributed by atoms with Crippen LogP contribution < -0.4 is 10.6 Å². The summed E-state index contributed by atoms with van der Waals surface area (Å²) in [6, 6.07) is 2.90. The monoisotopic (exact) mass is 300 g/mol. The highest BCUT2D eigenvalue weighted by atomic mass is 32.2. The number of carbonyl (C=O) groups is 2. The third-order valence-corrected chi connectivity index (χ3v) is 3.32. The van der Waals surface area contributed by atoms with Gasteiger partial charge < -0.3 is 20.8 Å². The number of rotatable bonds is 5. The number of hydrogen-bond donors (Lipinski definition) is 4. The number of phenols is 1. The molecule has 1 aromatic rings. The fourth-order valence-corrected chi connectivity index (χ4v) is 2.36. The molecule has 0 aliphatic rings. The van der Waals surface area contributed by atoms with Gasteiger partial charge in [0, 0.05) is 34.5 Å². The summed E-state index contributed by atoms with van der Waals surface area (Å²) in [5.74, 6) is -1.34. The Kier molecular flexibility index (Phi) is 5.51. The molecule has 2 unspecified atom stereocenters. The second-order valence-corrected chi connectivity index (χ2v) is 5.76. The van der Waals surface area contributed by atoms with Crippen molar-refractivity contribution in [2.45, 2.75) is 13.0 Å². The van der Waals surface area contributed by atoms with E-state index in [1.165, 1.54) is 18.4 Å². The lowest BCUT2D eigenvalue weighted by Gasteiger charge is -2.13. The maximum Gasteiger partial charge on any atom is 0.339 e. The van der Waals surface area contributed by atoms with Crippen molar-refractivity contribution in [3.63, 3.8) is 0 Å². The first-order valence-electron chi connectivity index (χ1n) is 5.73. The summed E-state index contributed by atoms with van der Waals surface area (Å²) in [7, 11) is -1.02. The van der Waals surface area contributed by atoms with E-state index in [1.54, 1.807) is 6.92 Å². The Morgan fingerprint density at radius 1 is 1.40 bits per heavy atom. The molecule has 4 N–H and O–H groups in total. The summed E-state index contributed by atoms with van der Waals surface area (Å²) >= 11 is 0. The maximum atomic E-state index is 11.6. The van der Waals surface area contributed by atoms with Crippen LogP contribution in [-0.4, -0.2) is 44.5 Å². The topological polar surface area (TPSA) is 116 Å². The van der Waals surface area contributed by atoms with Gasteiger partial charge in [0.25, 0.3) is 0 Å². The lowest BCUT2D eigenvalue weighted by molar-refractivity contribution is 0.0693. The Bertz CT molecular complexity index is 547. The highest BCUT2D eigenvalue weighted by Crippen LogP contribution is 2.21. The molecule has 1 rings (SSSR count). The van der Waals surface area contributed by atoms with Gasteiger partial charge in [-0.2, -0.15) is 0 Å². The molecular weight excluding hydrogens is 284 g/mol. The molecule has 2 atom stereocenters. The summed E-state index contributed by atoms with van der Waals surface area (Å²) in [6.45, 7) is 1.71. The molecule has 8 heteroatoms. The van der Waals surface area contributed by atoms with Gasteiger partial charge >= 0.3 is 12.0 Å². The van der Waals surface area contributed by atoms with Gasteiger partial charge in [0.1, 0.15) is 11.3 Å². The predicted molar refractivity (Wildman–Crippen MR) is 75.6 cm³/mol. The van der Waals surface area contributed by atoms with Gasteiger partial charge in [-0.15, -0.1) is 0 Å². The Morgan fingerprint density at radius 2 is 2.05 bits per heavy atom. The van der Waals surface area contributed by atoms with Crippen LogP contribution >= 0.6 is 0 Å². The Morgan fingerprint density at radius 3 is 2.60 bits per heavy atom. The number of carbonyl (C=O) groups excluding carboxylic acids is 1. The number of carboxylic acid groups (broad SMARTS) is 1. The number of hydrogen-bond acceptors (Lipinski definition) is 4. The first kappa shape index (κ1) is 16.0. The van der Waals surface area contributed by atoms with Crippen LogP contribution in [0.2, 0.25) is 0 Å². The van der Waals surface area contributed by atoms with E-state index in [1.807, 2.05) is 0 Å². The van der Waals surface area contributed by atoms with E-state index in [2.05, 4.69) is 10.6 Å². The molecule has 0 aliphatic heterocycles. The van der Waals surface area contributed by atoms with Crippen molar-refractivity contribution < 1.29 is 24.0 Å². The number of aromatic hydroxyl groups is 1. The molecule has 0 aromatic heterocycles. The van der Waals surface area contributed by atoms with Crippen molar-refractivity contribution in [1.82, 2.24) is 5.32 Å². The molecule has 110 valence electrons. The van der Waals surface area contributed by atoms with Gasteiger partial charge in [0.05, 0.1) is 0 Å². The molecule has 0 spiro atoms. The number of amides is 2. The summed E-state index contributed by atoms with van der Waals surface area (Å²) in [5, 5.41) is 23.2. The van der Waals surface area contributed by atoms with E-state index < -0.39 is 22.8 Å². The lowest BCUT2D eigenvalue weighted by Crippen LogP contribution is -2.39. The molecule has 0 bridgehead atoms. The van der Waals surface area contributed by atoms with Crippen LogP contribution in [0.4, 0.5) is 10.5 Å². The Balaban J connectivity index is 2.69. The zero-order valence-corrected chi connectivity index (χ0v) is 11.9. The van der Waals surface area contributed by atoms with E-state index in [4.69, 9.17) is 5.11 Å². The average Bonchev–Trinajstić information content (AvgIpc) is 2.29. The van der Waals surface area contributed by atoms with Crippen molar-refractivity contribution in [3.05, 3.63) is 23.8 Å². The minimum absolute atomic E-state index is 0.238. The number of benzene rings is 1. The second-order valence-electron chi connectivity index (χ2n) is 4.28. The summed E-state index contributed by atoms with van der Waals surface area (Å²) in [6.07, 6.45) is 1.54. The van der Waals surface area contributed by atoms with E-state index in [-0.39, 0.29) is 23.0 Å². The quantitative estimate of drug-likeness (QED) is 0.605. The first-order chi connectivity index (χ1) is 9.29. The van der Waals surface area contributed by atoms with Crippen LogP contribution in [0.25, 0.3) is 0 Å². The number of nitrogens with one attached hydrogen (secondary N) is 2. The van der Waals surface area contributed by atoms with Crippen LogP contribution in [-0.2, 0) is 10.8 Å². The molecule has 0 saturated carbocycles. The molecule has 1 aromatic carbocycles. The Hall–Kier alpha value is -2.09. The van der Waals surface area contributed by atoms with E-state index in [0.29, 0.717) is 5.75 Å². The van der Waals surface area contributed by atoms with Crippen molar-refractivity contribution in [3.8, 4) is 5.75 Å². The standard InChI is InChI=1S/C12H16N2O5S/c1-7(6-20(2)19)13-12(18)14-8-3-4-10(15)9(5-8)11(16)17/h3-5,7,15H,6H2,1-2H3,(H,16,17)(H2,13,14,18). The predicted octanol–water partition coefficient (Wildman–Crippen LogP) is 0.979. The zero-order chi connectivity index (χ0) is 15.3. The van der Waals surface area contributed by atoms with E-state index >= 15 is 0 Å². The summed E-state index contributed by atoms with van der Waals surface area (Å²) in [5.41, 5.74) is -0.0620. The zero-order valence-electron chi connectivity index (χ0n) is 11.0. The summed E-state index contributed by atoms with van der Waals surface area (Å²) in [4.78, 5) is 22.5. The van der Waals surface area contributed by atoms with Gasteiger partial charge in [-0.05, 0) is 25.1 Å². The van der Waals surface area contributed by atoms with Crippen LogP contribution in [0.5, 0.6) is 5.75 Å². The van der Waals surface area contributed by atoms with Crippen LogP contribution in [0.1, 0.15) is 17.3 Å². The second kappa shape index (κ2) is 6.90. The molecule has 0 heterocycles. The fourth-order valence-electron chi connectivity index (χ4n) is 1.57. The van der Waals surface area contributed by atoms with Gasteiger partial charge in [0.15, 0.2) is 0 Å². The van der Waals surface area contributed by atoms with Gasteiger partial charge in [-0.3, -0.25) is 4.21 Å². The summed E-state index contributed by atoms with van der Waals surface area (Å²) < 4.78 is 11.0. The van der Waals surface area contributed by atoms with E-state index in [0.717, 1.165) is 6.07 Å².